The molecule has 38 heavy (non-hydrogen) atoms. The van der Waals surface area contributed by atoms with Gasteiger partial charge in [0.05, 0.1) is 6.10 Å². The van der Waals surface area contributed by atoms with Crippen LogP contribution in [-0.2, 0) is 20.7 Å². The average molecular weight is 528 g/mol. The first-order chi connectivity index (χ1) is 18.0. The van der Waals surface area contributed by atoms with Crippen LogP contribution in [0.25, 0.3) is 0 Å². The van der Waals surface area contributed by atoms with Gasteiger partial charge in [-0.3, -0.25) is 9.59 Å². The number of aliphatic hydroxyl groups is 1. The van der Waals surface area contributed by atoms with E-state index in [2.05, 4.69) is 10.3 Å². The highest BCUT2D eigenvalue weighted by Gasteiger charge is 2.38. The number of esters is 1. The van der Waals surface area contributed by atoms with Crippen molar-refractivity contribution < 1.29 is 28.6 Å². The number of aliphatic hydroxyl groups excluding tert-OH is 1. The summed E-state index contributed by atoms with van der Waals surface area (Å²) in [6.45, 7) is 10.5. The van der Waals surface area contributed by atoms with Gasteiger partial charge in [0.2, 0.25) is 5.91 Å². The molecule has 208 valence electrons. The normalized spacial score (nSPS) is 29.4. The largest absolute Gasteiger partial charge is 0.460 e. The zero-order chi connectivity index (χ0) is 27.8. The second-order valence-electron chi connectivity index (χ2n) is 10.8. The van der Waals surface area contributed by atoms with Gasteiger partial charge < -0.3 is 24.5 Å². The van der Waals surface area contributed by atoms with Crippen LogP contribution in [-0.4, -0.2) is 64.1 Å². The Morgan fingerprint density at radius 3 is 2.68 bits per heavy atom. The highest BCUT2D eigenvalue weighted by molar-refractivity contribution is 5.95. The minimum atomic E-state index is -0.694. The third kappa shape index (κ3) is 8.15. The molecule has 0 saturated carbocycles. The molecule has 2 N–H and O–H groups in total. The van der Waals surface area contributed by atoms with Crippen molar-refractivity contribution in [3.63, 3.8) is 0 Å². The second-order valence-corrected chi connectivity index (χ2v) is 10.8. The molecule has 0 spiro atoms. The van der Waals surface area contributed by atoms with Crippen molar-refractivity contribution in [3.05, 3.63) is 53.8 Å². The summed E-state index contributed by atoms with van der Waals surface area (Å²) in [5, 5.41) is 13.3. The molecule has 0 radical (unpaired) electrons. The van der Waals surface area contributed by atoms with E-state index in [1.807, 2.05) is 46.8 Å². The molecule has 1 aromatic heterocycles. The molecule has 9 heteroatoms. The van der Waals surface area contributed by atoms with Crippen molar-refractivity contribution in [2.24, 2.45) is 17.8 Å². The van der Waals surface area contributed by atoms with Crippen LogP contribution >= 0.6 is 0 Å². The molecular weight excluding hydrogens is 486 g/mol. The number of carbonyl (C=O) groups excluding carboxylic acids is 3. The summed E-state index contributed by atoms with van der Waals surface area (Å²) >= 11 is 0. The van der Waals surface area contributed by atoms with Gasteiger partial charge in [-0.05, 0) is 44.1 Å². The Balaban J connectivity index is 1.85. The van der Waals surface area contributed by atoms with E-state index in [0.29, 0.717) is 44.7 Å². The van der Waals surface area contributed by atoms with Crippen molar-refractivity contribution in [1.29, 1.82) is 0 Å². The van der Waals surface area contributed by atoms with Gasteiger partial charge in [0.25, 0.3) is 5.91 Å². The lowest BCUT2D eigenvalue weighted by molar-refractivity contribution is -0.158. The number of nitrogens with one attached hydrogen (secondary N) is 1. The zero-order valence-electron chi connectivity index (χ0n) is 23.1. The quantitative estimate of drug-likeness (QED) is 0.535. The Labute approximate surface area is 225 Å². The van der Waals surface area contributed by atoms with Crippen LogP contribution in [0.15, 0.2) is 46.6 Å². The molecule has 2 aliphatic heterocycles. The Kier molecular flexibility index (Phi) is 10.5. The predicted octanol–water partition coefficient (Wildman–Crippen LogP) is 3.60. The molecule has 3 rings (SSSR count). The molecule has 0 aliphatic carbocycles. The summed E-state index contributed by atoms with van der Waals surface area (Å²) in [4.78, 5) is 44.7. The standard InChI is InChI=1S/C29H41N3O6/c1-18(2)27-21(5)10-11-25(34)30-12-6-8-19(3)14-22(33)15-20(4)16-26-31-23(17-37-26)28(35)32-13-7-9-24(32)29(36)38-27/h6,8,10-11,14,17-18,20-22,24,27,33H,7,9,12-13,15-16H2,1-5H3,(H,30,34)/b8-6?,11-10+,19-14?/t20-,21-,22-,24-,27-/m1/s1. The van der Waals surface area contributed by atoms with Crippen molar-refractivity contribution in [2.45, 2.75) is 78.6 Å². The topological polar surface area (TPSA) is 122 Å². The number of carbonyl (C=O) groups is 3. The number of aromatic nitrogens is 1. The van der Waals surface area contributed by atoms with Crippen LogP contribution in [0, 0.1) is 17.8 Å². The van der Waals surface area contributed by atoms with Crippen LogP contribution in [0.2, 0.25) is 0 Å². The molecule has 2 aliphatic rings. The Morgan fingerprint density at radius 1 is 1.18 bits per heavy atom. The summed E-state index contributed by atoms with van der Waals surface area (Å²) in [6.07, 6.45) is 11.0. The Bertz CT molecular complexity index is 1070. The monoisotopic (exact) mass is 527 g/mol. The zero-order valence-corrected chi connectivity index (χ0v) is 23.1. The van der Waals surface area contributed by atoms with Gasteiger partial charge >= 0.3 is 5.97 Å². The molecule has 1 saturated heterocycles. The first-order valence-electron chi connectivity index (χ1n) is 13.5. The van der Waals surface area contributed by atoms with Crippen LogP contribution in [0.3, 0.4) is 0 Å². The first kappa shape index (κ1) is 29.4. The molecular formula is C29H41N3O6. The molecule has 9 nitrogen and oxygen atoms in total. The molecule has 0 aromatic carbocycles. The third-order valence-electron chi connectivity index (χ3n) is 6.93. The molecule has 5 atom stereocenters. The van der Waals surface area contributed by atoms with E-state index >= 15 is 0 Å². The van der Waals surface area contributed by atoms with Gasteiger partial charge in [0.15, 0.2) is 11.6 Å². The second kappa shape index (κ2) is 13.6. The molecule has 0 unspecified atom stereocenters. The van der Waals surface area contributed by atoms with Crippen LogP contribution in [0.1, 0.15) is 70.3 Å². The van der Waals surface area contributed by atoms with E-state index < -0.39 is 24.2 Å². The third-order valence-corrected chi connectivity index (χ3v) is 6.93. The van der Waals surface area contributed by atoms with Gasteiger partial charge in [0.1, 0.15) is 18.4 Å². The SMILES string of the molecule is CC1=C[C@@H](O)C[C@@H](C)Cc2nc(co2)C(=O)N2CCC[C@@H]2C(=O)O[C@H](C(C)C)[C@H](C)/C=C/C(=O)NCC=C1. The van der Waals surface area contributed by atoms with Crippen LogP contribution in [0.4, 0.5) is 0 Å². The van der Waals surface area contributed by atoms with Gasteiger partial charge in [-0.2, -0.15) is 0 Å². The van der Waals surface area contributed by atoms with E-state index in [1.54, 1.807) is 12.2 Å². The van der Waals surface area contributed by atoms with Gasteiger partial charge in [-0.25, -0.2) is 9.78 Å². The molecule has 1 fully saturated rings. The first-order valence-corrected chi connectivity index (χ1v) is 13.5. The van der Waals surface area contributed by atoms with Crippen LogP contribution < -0.4 is 5.32 Å². The van der Waals surface area contributed by atoms with E-state index in [4.69, 9.17) is 9.15 Å². The number of amides is 2. The van der Waals surface area contributed by atoms with Crippen molar-refractivity contribution >= 4 is 17.8 Å². The van der Waals surface area contributed by atoms with E-state index in [9.17, 15) is 19.5 Å². The van der Waals surface area contributed by atoms with Gasteiger partial charge in [-0.1, -0.05) is 57.6 Å². The summed E-state index contributed by atoms with van der Waals surface area (Å²) in [5.41, 5.74) is 1.04. The van der Waals surface area contributed by atoms with E-state index in [1.165, 1.54) is 17.2 Å². The summed E-state index contributed by atoms with van der Waals surface area (Å²) in [5.74, 6) is -0.783. The number of fused-ring (bicyclic) bond motifs is 3. The van der Waals surface area contributed by atoms with Crippen LogP contribution in [0.5, 0.6) is 0 Å². The fourth-order valence-electron chi connectivity index (χ4n) is 5.00. The van der Waals surface area contributed by atoms with Crippen molar-refractivity contribution in [3.8, 4) is 0 Å². The lowest BCUT2D eigenvalue weighted by atomic mass is 9.94. The number of nitrogens with zero attached hydrogens (tertiary/aromatic N) is 2. The minimum absolute atomic E-state index is 0.00910. The number of rotatable bonds is 1. The highest BCUT2D eigenvalue weighted by Crippen LogP contribution is 2.25. The fourth-order valence-corrected chi connectivity index (χ4v) is 5.00. The number of oxazole rings is 1. The summed E-state index contributed by atoms with van der Waals surface area (Å²) < 4.78 is 11.5. The maximum atomic E-state index is 13.2. The predicted molar refractivity (Wildman–Crippen MR) is 143 cm³/mol. The smallest absolute Gasteiger partial charge is 0.329 e. The summed E-state index contributed by atoms with van der Waals surface area (Å²) in [6, 6.07) is -0.694. The van der Waals surface area contributed by atoms with Gasteiger partial charge in [-0.15, -0.1) is 0 Å². The maximum absolute atomic E-state index is 13.2. The van der Waals surface area contributed by atoms with Gasteiger partial charge in [0, 0.05) is 25.4 Å². The lowest BCUT2D eigenvalue weighted by Gasteiger charge is -2.29. The molecule has 3 heterocycles. The number of allylic oxidation sites excluding steroid dienone is 2. The lowest BCUT2D eigenvalue weighted by Crippen LogP contribution is -2.44. The van der Waals surface area contributed by atoms with E-state index in [0.717, 1.165) is 5.57 Å². The number of ether oxygens (including phenoxy) is 1. The number of hydrogen-bond donors (Lipinski definition) is 2. The van der Waals surface area contributed by atoms with Crippen molar-refractivity contribution in [2.75, 3.05) is 13.1 Å². The average Bonchev–Trinajstić information content (AvgIpc) is 3.52. The Hall–Kier alpha value is -3.20. The Morgan fingerprint density at radius 2 is 1.95 bits per heavy atom. The van der Waals surface area contributed by atoms with Crippen molar-refractivity contribution in [1.82, 2.24) is 15.2 Å². The number of hydrogen-bond acceptors (Lipinski definition) is 7. The maximum Gasteiger partial charge on any atom is 0.329 e. The fraction of sp³-hybridized carbons (Fsp3) is 0.586. The minimum Gasteiger partial charge on any atom is -0.460 e. The molecule has 2 bridgehead atoms. The highest BCUT2D eigenvalue weighted by atomic mass is 16.5. The summed E-state index contributed by atoms with van der Waals surface area (Å²) in [7, 11) is 0. The number of cyclic esters (lactones) is 1. The molecule has 1 aromatic rings. The van der Waals surface area contributed by atoms with E-state index in [-0.39, 0.29) is 35.3 Å². The molecule has 2 amide bonds.